The number of carbonyl (C=O) groups is 2. The van der Waals surface area contributed by atoms with Gasteiger partial charge in [-0.15, -0.1) is 0 Å². The van der Waals surface area contributed by atoms with Gasteiger partial charge in [-0.3, -0.25) is 9.59 Å². The maximum atomic E-state index is 13.0. The van der Waals surface area contributed by atoms with Crippen LogP contribution in [-0.4, -0.2) is 55.3 Å². The highest BCUT2D eigenvalue weighted by atomic mass is 32.2. The fraction of sp³-hybridized carbons (Fsp3) is 0.350. The highest BCUT2D eigenvalue weighted by molar-refractivity contribution is 7.89. The largest absolute Gasteiger partial charge is 0.468 e. The van der Waals surface area contributed by atoms with Gasteiger partial charge in [0.2, 0.25) is 15.9 Å². The van der Waals surface area contributed by atoms with Gasteiger partial charge >= 0.3 is 5.97 Å². The molecular weight excluding hydrogens is 408 g/mol. The molecule has 1 aliphatic heterocycles. The molecule has 1 fully saturated rings. The monoisotopic (exact) mass is 432 g/mol. The number of benzene rings is 1. The Labute approximate surface area is 175 Å². The van der Waals surface area contributed by atoms with Crippen LogP contribution in [-0.2, 0) is 24.3 Å². The third kappa shape index (κ3) is 4.50. The zero-order chi connectivity index (χ0) is 21.9. The summed E-state index contributed by atoms with van der Waals surface area (Å²) in [7, 11) is -2.56. The van der Waals surface area contributed by atoms with Crippen LogP contribution in [0.25, 0.3) is 11.1 Å². The number of hydrogen-bond donors (Lipinski definition) is 2. The molecule has 1 aliphatic rings. The number of pyridine rings is 1. The van der Waals surface area contributed by atoms with E-state index in [-0.39, 0.29) is 17.3 Å². The normalized spacial score (nSPS) is 18.0. The average molecular weight is 433 g/mol. The van der Waals surface area contributed by atoms with Crippen LogP contribution in [0, 0.1) is 0 Å². The van der Waals surface area contributed by atoms with Crippen molar-refractivity contribution in [3.63, 3.8) is 0 Å². The number of anilines is 1. The number of hydrogen-bond acceptors (Lipinski definition) is 7. The fourth-order valence-electron chi connectivity index (χ4n) is 3.23. The Balaban J connectivity index is 1.77. The molecule has 1 aromatic carbocycles. The van der Waals surface area contributed by atoms with Crippen molar-refractivity contribution >= 4 is 27.7 Å². The van der Waals surface area contributed by atoms with Crippen LogP contribution in [0.3, 0.4) is 0 Å². The van der Waals surface area contributed by atoms with E-state index >= 15 is 0 Å². The molecule has 1 aromatic heterocycles. The molecule has 0 spiro atoms. The number of nitrogens with one attached hydrogen (secondary N) is 1. The van der Waals surface area contributed by atoms with E-state index in [1.54, 1.807) is 37.4 Å². The van der Waals surface area contributed by atoms with Gasteiger partial charge < -0.3 is 15.8 Å². The Bertz CT molecular complexity index is 1020. The molecular formula is C20H24N4O5S. The Morgan fingerprint density at radius 2 is 1.87 bits per heavy atom. The summed E-state index contributed by atoms with van der Waals surface area (Å²) in [4.78, 5) is 27.8. The summed E-state index contributed by atoms with van der Waals surface area (Å²) in [6.07, 6.45) is 2.63. The van der Waals surface area contributed by atoms with E-state index in [0.717, 1.165) is 11.1 Å². The number of nitrogens with zero attached hydrogens (tertiary/aromatic N) is 2. The lowest BCUT2D eigenvalue weighted by Crippen LogP contribution is -2.40. The predicted octanol–water partition coefficient (Wildman–Crippen LogP) is 1.36. The molecule has 9 nitrogen and oxygen atoms in total. The average Bonchev–Trinajstić information content (AvgIpc) is 3.24. The third-order valence-corrected chi connectivity index (χ3v) is 6.82. The molecule has 0 bridgehead atoms. The van der Waals surface area contributed by atoms with Gasteiger partial charge in [-0.1, -0.05) is 12.1 Å². The summed E-state index contributed by atoms with van der Waals surface area (Å²) < 4.78 is 31.9. The SMILES string of the molecule is COC(=O)[C@@H]1CCCN1S(=O)(=O)c1ccc(-c2ccc(NC(=O)[C@H](C)N)nc2)cc1. The number of methoxy groups -OCH3 is 1. The highest BCUT2D eigenvalue weighted by Crippen LogP contribution is 2.28. The van der Waals surface area contributed by atoms with Crippen molar-refractivity contribution in [2.45, 2.75) is 36.7 Å². The minimum Gasteiger partial charge on any atom is -0.468 e. The zero-order valence-corrected chi connectivity index (χ0v) is 17.6. The fourth-order valence-corrected chi connectivity index (χ4v) is 4.88. The number of amides is 1. The topological polar surface area (TPSA) is 132 Å². The van der Waals surface area contributed by atoms with Crippen molar-refractivity contribution < 1.29 is 22.7 Å². The molecule has 3 rings (SSSR count). The van der Waals surface area contributed by atoms with Crippen LogP contribution >= 0.6 is 0 Å². The molecule has 2 heterocycles. The van der Waals surface area contributed by atoms with E-state index in [1.165, 1.54) is 23.5 Å². The number of sulfonamides is 1. The smallest absolute Gasteiger partial charge is 0.324 e. The van der Waals surface area contributed by atoms with Gasteiger partial charge in [0.25, 0.3) is 0 Å². The minimum absolute atomic E-state index is 0.107. The number of rotatable bonds is 6. The molecule has 160 valence electrons. The lowest BCUT2D eigenvalue weighted by Gasteiger charge is -2.22. The number of esters is 1. The van der Waals surface area contributed by atoms with Crippen molar-refractivity contribution in [2.24, 2.45) is 5.73 Å². The van der Waals surface area contributed by atoms with E-state index in [0.29, 0.717) is 18.7 Å². The van der Waals surface area contributed by atoms with Crippen molar-refractivity contribution in [1.29, 1.82) is 0 Å². The summed E-state index contributed by atoms with van der Waals surface area (Å²) in [6.45, 7) is 1.86. The van der Waals surface area contributed by atoms with E-state index < -0.39 is 28.1 Å². The van der Waals surface area contributed by atoms with Gasteiger partial charge in [-0.05, 0) is 49.6 Å². The van der Waals surface area contributed by atoms with Gasteiger partial charge in [0.15, 0.2) is 0 Å². The maximum Gasteiger partial charge on any atom is 0.324 e. The highest BCUT2D eigenvalue weighted by Gasteiger charge is 2.40. The van der Waals surface area contributed by atoms with Crippen LogP contribution in [0.5, 0.6) is 0 Å². The van der Waals surface area contributed by atoms with Crippen molar-refractivity contribution in [1.82, 2.24) is 9.29 Å². The number of carbonyl (C=O) groups excluding carboxylic acids is 2. The first-order chi connectivity index (χ1) is 14.2. The molecule has 3 N–H and O–H groups in total. The van der Waals surface area contributed by atoms with Gasteiger partial charge in [-0.2, -0.15) is 4.31 Å². The molecule has 2 atom stereocenters. The summed E-state index contributed by atoms with van der Waals surface area (Å²) >= 11 is 0. The molecule has 1 amide bonds. The maximum absolute atomic E-state index is 13.0. The van der Waals surface area contributed by atoms with Gasteiger partial charge in [0, 0.05) is 18.3 Å². The first-order valence-corrected chi connectivity index (χ1v) is 10.9. The van der Waals surface area contributed by atoms with Crippen molar-refractivity contribution in [2.75, 3.05) is 19.0 Å². The van der Waals surface area contributed by atoms with Gasteiger partial charge in [0.1, 0.15) is 11.9 Å². The van der Waals surface area contributed by atoms with Crippen LogP contribution < -0.4 is 11.1 Å². The van der Waals surface area contributed by atoms with Crippen LogP contribution in [0.1, 0.15) is 19.8 Å². The molecule has 0 saturated carbocycles. The molecule has 10 heteroatoms. The van der Waals surface area contributed by atoms with Gasteiger partial charge in [0.05, 0.1) is 18.0 Å². The number of nitrogens with two attached hydrogens (primary N) is 1. The molecule has 30 heavy (non-hydrogen) atoms. The second-order valence-corrected chi connectivity index (χ2v) is 8.92. The Hall–Kier alpha value is -2.82. The molecule has 1 saturated heterocycles. The molecule has 0 unspecified atom stereocenters. The second kappa shape index (κ2) is 8.90. The third-order valence-electron chi connectivity index (χ3n) is 4.90. The lowest BCUT2D eigenvalue weighted by atomic mass is 10.1. The van der Waals surface area contributed by atoms with Crippen LogP contribution in [0.15, 0.2) is 47.5 Å². The number of aromatic nitrogens is 1. The Kier molecular flexibility index (Phi) is 6.49. The Morgan fingerprint density at radius 1 is 1.20 bits per heavy atom. The minimum atomic E-state index is -3.81. The predicted molar refractivity (Wildman–Crippen MR) is 111 cm³/mol. The van der Waals surface area contributed by atoms with Crippen molar-refractivity contribution in [3.05, 3.63) is 42.6 Å². The summed E-state index contributed by atoms with van der Waals surface area (Å²) in [5.74, 6) is -0.505. The summed E-state index contributed by atoms with van der Waals surface area (Å²) in [5.41, 5.74) is 7.03. The number of ether oxygens (including phenoxy) is 1. The Morgan fingerprint density at radius 3 is 2.43 bits per heavy atom. The van der Waals surface area contributed by atoms with Gasteiger partial charge in [-0.25, -0.2) is 13.4 Å². The molecule has 0 radical (unpaired) electrons. The second-order valence-electron chi connectivity index (χ2n) is 7.03. The van der Waals surface area contributed by atoms with Crippen LogP contribution in [0.4, 0.5) is 5.82 Å². The zero-order valence-electron chi connectivity index (χ0n) is 16.7. The van der Waals surface area contributed by atoms with E-state index in [2.05, 4.69) is 10.3 Å². The van der Waals surface area contributed by atoms with E-state index in [4.69, 9.17) is 10.5 Å². The van der Waals surface area contributed by atoms with Crippen LogP contribution in [0.2, 0.25) is 0 Å². The lowest BCUT2D eigenvalue weighted by molar-refractivity contribution is -0.144. The standard InChI is InChI=1S/C20H24N4O5S/c1-13(21)19(25)23-18-10-7-15(12-22-18)14-5-8-16(9-6-14)30(27,28)24-11-3-4-17(24)20(26)29-2/h5-10,12-13,17H,3-4,11,21H2,1-2H3,(H,22,23,25)/t13-,17-/m0/s1. The van der Waals surface area contributed by atoms with E-state index in [1.807, 2.05) is 0 Å². The molecule has 0 aliphatic carbocycles. The first kappa shape index (κ1) is 21.9. The quantitative estimate of drug-likeness (QED) is 0.659. The summed E-state index contributed by atoms with van der Waals surface area (Å²) in [6, 6.07) is 8.33. The van der Waals surface area contributed by atoms with Crippen molar-refractivity contribution in [3.8, 4) is 11.1 Å². The first-order valence-electron chi connectivity index (χ1n) is 9.46. The molecule has 2 aromatic rings. The summed E-state index contributed by atoms with van der Waals surface area (Å²) in [5, 5.41) is 2.60. The van der Waals surface area contributed by atoms with E-state index in [9.17, 15) is 18.0 Å².